The van der Waals surface area contributed by atoms with Crippen LogP contribution in [-0.4, -0.2) is 33.9 Å². The van der Waals surface area contributed by atoms with Crippen molar-refractivity contribution in [2.75, 3.05) is 13.2 Å². The third-order valence-electron chi connectivity index (χ3n) is 5.33. The van der Waals surface area contributed by atoms with Gasteiger partial charge in [-0.05, 0) is 25.3 Å². The van der Waals surface area contributed by atoms with Gasteiger partial charge < -0.3 is 19.9 Å². The lowest BCUT2D eigenvalue weighted by Gasteiger charge is -2.28. The zero-order chi connectivity index (χ0) is 20.6. The molecule has 0 aliphatic carbocycles. The van der Waals surface area contributed by atoms with Gasteiger partial charge in [0.05, 0.1) is 12.6 Å². The Balaban J connectivity index is 1.67. The molecule has 0 radical (unpaired) electrons. The van der Waals surface area contributed by atoms with Gasteiger partial charge in [-0.25, -0.2) is 4.99 Å². The predicted molar refractivity (Wildman–Crippen MR) is 116 cm³/mol. The van der Waals surface area contributed by atoms with Gasteiger partial charge in [0.1, 0.15) is 18.1 Å². The summed E-state index contributed by atoms with van der Waals surface area (Å²) < 4.78 is 7.78. The van der Waals surface area contributed by atoms with Crippen LogP contribution in [0.1, 0.15) is 62.8 Å². The second-order valence-corrected chi connectivity index (χ2v) is 8.08. The normalized spacial score (nSPS) is 16.4. The Morgan fingerprint density at radius 3 is 2.86 bits per heavy atom. The fourth-order valence-corrected chi connectivity index (χ4v) is 3.43. The van der Waals surface area contributed by atoms with Gasteiger partial charge in [-0.2, -0.15) is 0 Å². The van der Waals surface area contributed by atoms with Gasteiger partial charge in [-0.3, -0.25) is 0 Å². The van der Waals surface area contributed by atoms with E-state index in [1.165, 1.54) is 18.4 Å². The average molecular weight is 399 g/mol. The Hall–Kier alpha value is -2.57. The molecule has 0 amide bonds. The molecule has 0 saturated carbocycles. The number of aromatic nitrogens is 3. The molecule has 0 bridgehead atoms. The minimum atomic E-state index is 0.183. The van der Waals surface area contributed by atoms with Crippen molar-refractivity contribution in [3.8, 4) is 5.75 Å². The molecule has 0 saturated heterocycles. The maximum atomic E-state index is 5.80. The number of para-hydroxylation sites is 1. The van der Waals surface area contributed by atoms with E-state index in [2.05, 4.69) is 46.8 Å². The van der Waals surface area contributed by atoms with Gasteiger partial charge in [0.15, 0.2) is 11.8 Å². The number of unbranched alkanes of at least 4 members (excludes halogenated alkanes) is 1. The molecule has 7 nitrogen and oxygen atoms in total. The maximum absolute atomic E-state index is 5.80. The summed E-state index contributed by atoms with van der Waals surface area (Å²) in [6.45, 7) is 8.59. The van der Waals surface area contributed by atoms with E-state index in [0.717, 1.165) is 48.7 Å². The highest BCUT2D eigenvalue weighted by atomic mass is 16.5. The largest absolute Gasteiger partial charge is 0.493 e. The van der Waals surface area contributed by atoms with Gasteiger partial charge >= 0.3 is 0 Å². The van der Waals surface area contributed by atoms with Crippen LogP contribution in [-0.2, 0) is 13.6 Å². The van der Waals surface area contributed by atoms with Gasteiger partial charge in [0.25, 0.3) is 0 Å². The van der Waals surface area contributed by atoms with E-state index in [1.807, 2.05) is 30.7 Å². The molecule has 1 aliphatic heterocycles. The van der Waals surface area contributed by atoms with E-state index in [0.29, 0.717) is 13.2 Å². The van der Waals surface area contributed by atoms with Crippen molar-refractivity contribution in [2.45, 2.75) is 59.0 Å². The lowest BCUT2D eigenvalue weighted by atomic mass is 10.0. The smallest absolute Gasteiger partial charge is 0.192 e. The van der Waals surface area contributed by atoms with Crippen LogP contribution in [0.25, 0.3) is 0 Å². The van der Waals surface area contributed by atoms with E-state index in [4.69, 9.17) is 9.73 Å². The van der Waals surface area contributed by atoms with Crippen LogP contribution in [0.5, 0.6) is 5.75 Å². The third-order valence-corrected chi connectivity index (χ3v) is 5.33. The van der Waals surface area contributed by atoms with Crippen molar-refractivity contribution in [3.63, 3.8) is 0 Å². The topological polar surface area (TPSA) is 76.4 Å². The molecule has 1 aromatic carbocycles. The number of ether oxygens (including phenoxy) is 1. The number of nitrogens with zero attached hydrogens (tertiary/aromatic N) is 4. The van der Waals surface area contributed by atoms with E-state index < -0.39 is 0 Å². The Morgan fingerprint density at radius 1 is 1.28 bits per heavy atom. The first-order valence-corrected chi connectivity index (χ1v) is 10.7. The van der Waals surface area contributed by atoms with E-state index in [1.54, 1.807) is 0 Å². The van der Waals surface area contributed by atoms with Gasteiger partial charge in [-0.15, -0.1) is 10.2 Å². The monoisotopic (exact) mass is 398 g/mol. The zero-order valence-corrected chi connectivity index (χ0v) is 18.1. The third kappa shape index (κ3) is 5.95. The number of aryl methyl sites for hydroxylation is 1. The van der Waals surface area contributed by atoms with Crippen LogP contribution in [0.15, 0.2) is 29.3 Å². The zero-order valence-electron chi connectivity index (χ0n) is 18.1. The van der Waals surface area contributed by atoms with Crippen molar-refractivity contribution in [1.82, 2.24) is 25.4 Å². The van der Waals surface area contributed by atoms with Gasteiger partial charge in [0.2, 0.25) is 0 Å². The molecule has 29 heavy (non-hydrogen) atoms. The van der Waals surface area contributed by atoms with Crippen molar-refractivity contribution in [3.05, 3.63) is 41.5 Å². The number of rotatable bonds is 8. The lowest BCUT2D eigenvalue weighted by Crippen LogP contribution is -2.41. The number of nitrogens with one attached hydrogen (secondary N) is 2. The van der Waals surface area contributed by atoms with E-state index >= 15 is 0 Å². The second kappa shape index (κ2) is 10.3. The number of fused-ring (bicyclic) bond motifs is 1. The molecule has 2 aromatic rings. The molecule has 7 heteroatoms. The summed E-state index contributed by atoms with van der Waals surface area (Å²) in [6, 6.07) is 8.41. The summed E-state index contributed by atoms with van der Waals surface area (Å²) in [5.74, 6) is 4.27. The number of aliphatic imine (C=N–C) groups is 1. The Morgan fingerprint density at radius 2 is 2.10 bits per heavy atom. The highest BCUT2D eigenvalue weighted by Crippen LogP contribution is 2.31. The van der Waals surface area contributed by atoms with Crippen LogP contribution < -0.4 is 15.4 Å². The van der Waals surface area contributed by atoms with E-state index in [-0.39, 0.29) is 6.04 Å². The van der Waals surface area contributed by atoms with Crippen LogP contribution in [0.4, 0.5) is 0 Å². The average Bonchev–Trinajstić information content (AvgIpc) is 3.03. The molecule has 158 valence electrons. The van der Waals surface area contributed by atoms with Gasteiger partial charge in [0, 0.05) is 25.6 Å². The van der Waals surface area contributed by atoms with Crippen LogP contribution in [0, 0.1) is 12.8 Å². The van der Waals surface area contributed by atoms with Crippen molar-refractivity contribution >= 4 is 5.96 Å². The van der Waals surface area contributed by atoms with Crippen LogP contribution in [0.2, 0.25) is 0 Å². The number of hydrogen-bond donors (Lipinski definition) is 2. The minimum Gasteiger partial charge on any atom is -0.493 e. The first kappa shape index (κ1) is 21.1. The summed E-state index contributed by atoms with van der Waals surface area (Å²) in [5.41, 5.74) is 1.18. The fraction of sp³-hybridized carbons (Fsp3) is 0.591. The van der Waals surface area contributed by atoms with Crippen molar-refractivity contribution in [1.29, 1.82) is 0 Å². The predicted octanol–water partition coefficient (Wildman–Crippen LogP) is 3.51. The maximum Gasteiger partial charge on any atom is 0.192 e. The fourth-order valence-electron chi connectivity index (χ4n) is 3.43. The number of guanidine groups is 1. The molecule has 3 rings (SSSR count). The molecule has 1 atom stereocenters. The highest BCUT2D eigenvalue weighted by Gasteiger charge is 2.22. The second-order valence-electron chi connectivity index (χ2n) is 8.08. The van der Waals surface area contributed by atoms with E-state index in [9.17, 15) is 0 Å². The summed E-state index contributed by atoms with van der Waals surface area (Å²) in [5, 5.41) is 15.5. The van der Waals surface area contributed by atoms with Crippen molar-refractivity contribution in [2.24, 2.45) is 18.0 Å². The molecule has 0 spiro atoms. The molecule has 2 heterocycles. The summed E-state index contributed by atoms with van der Waals surface area (Å²) >= 11 is 0. The SMILES string of the molecule is Cc1nnc(CN=C(NCCCCC(C)C)NC2CCOc3ccccc32)n1C. The van der Waals surface area contributed by atoms with Gasteiger partial charge in [-0.1, -0.05) is 44.9 Å². The molecule has 2 N–H and O–H groups in total. The summed E-state index contributed by atoms with van der Waals surface area (Å²) in [6.07, 6.45) is 4.52. The molecule has 1 unspecified atom stereocenters. The van der Waals surface area contributed by atoms with Crippen molar-refractivity contribution < 1.29 is 4.74 Å². The standard InChI is InChI=1S/C22H34N6O/c1-16(2)9-7-8-13-23-22(24-15-21-27-26-17(3)28(21)4)25-19-12-14-29-20-11-6-5-10-18(19)20/h5-6,10-11,16,19H,7-9,12-15H2,1-4H3,(H2,23,24,25). The minimum absolute atomic E-state index is 0.183. The highest BCUT2D eigenvalue weighted by molar-refractivity contribution is 5.80. The lowest BCUT2D eigenvalue weighted by molar-refractivity contribution is 0.261. The quantitative estimate of drug-likeness (QED) is 0.404. The summed E-state index contributed by atoms with van der Waals surface area (Å²) in [4.78, 5) is 4.80. The number of hydrogen-bond acceptors (Lipinski definition) is 4. The Bertz CT molecular complexity index is 813. The first-order valence-electron chi connectivity index (χ1n) is 10.7. The molecule has 0 fully saturated rings. The summed E-state index contributed by atoms with van der Waals surface area (Å²) in [7, 11) is 1.97. The Labute approximate surface area is 174 Å². The molecule has 1 aliphatic rings. The van der Waals surface area contributed by atoms with Crippen LogP contribution in [0.3, 0.4) is 0 Å². The number of benzene rings is 1. The first-order chi connectivity index (χ1) is 14.0. The molecular formula is C22H34N6O. The van der Waals surface area contributed by atoms with Crippen LogP contribution >= 0.6 is 0 Å². The Kier molecular flexibility index (Phi) is 7.49. The molecule has 1 aromatic heterocycles. The molecular weight excluding hydrogens is 364 g/mol.